The number of nitrogens with one attached hydrogen (secondary N) is 2. The lowest BCUT2D eigenvalue weighted by Crippen LogP contribution is -2.65. The highest BCUT2D eigenvalue weighted by Gasteiger charge is 2.51. The summed E-state index contributed by atoms with van der Waals surface area (Å²) in [4.78, 5) is 64.6. The molecule has 0 unspecified atom stereocenters. The van der Waals surface area contributed by atoms with E-state index in [2.05, 4.69) is 10.6 Å². The Kier molecular flexibility index (Phi) is 14.9. The van der Waals surface area contributed by atoms with E-state index in [9.17, 15) is 44.4 Å². The number of rotatable bonds is 6. The molecule has 0 radical (unpaired) electrons. The number of halogens is 1. The summed E-state index contributed by atoms with van der Waals surface area (Å²) in [7, 11) is 2.66. The third-order valence-electron chi connectivity index (χ3n) is 9.64. The number of amides is 4. The van der Waals surface area contributed by atoms with Crippen LogP contribution in [0, 0.1) is 5.92 Å². The van der Waals surface area contributed by atoms with Gasteiger partial charge in [0.1, 0.15) is 54.0 Å². The molecule has 3 heterocycles. The Morgan fingerprint density at radius 2 is 1.86 bits per heavy atom. The van der Waals surface area contributed by atoms with Crippen LogP contribution in [0.1, 0.15) is 46.1 Å². The number of aliphatic hydroxyl groups excluding tert-OH is 2. The van der Waals surface area contributed by atoms with Crippen LogP contribution in [0.5, 0.6) is 5.75 Å². The van der Waals surface area contributed by atoms with Gasteiger partial charge in [0.05, 0.1) is 12.1 Å². The van der Waals surface area contributed by atoms with Gasteiger partial charge in [0.15, 0.2) is 18.1 Å². The van der Waals surface area contributed by atoms with Gasteiger partial charge in [0, 0.05) is 33.4 Å². The number of methoxy groups -OCH3 is 1. The predicted octanol–water partition coefficient (Wildman–Crippen LogP) is 1.81. The highest BCUT2D eigenvalue weighted by molar-refractivity contribution is 6.35. The number of ether oxygens (including phenoxy) is 6. The third-order valence-corrected chi connectivity index (χ3v) is 10.0. The van der Waals surface area contributed by atoms with Crippen molar-refractivity contribution in [2.45, 2.75) is 102 Å². The van der Waals surface area contributed by atoms with Gasteiger partial charge in [-0.3, -0.25) is 19.8 Å². The number of esters is 1. The molecule has 8 N–H and O–H groups in total. The number of nitrogens with two attached hydrogens (primary N) is 1. The van der Waals surface area contributed by atoms with E-state index in [4.69, 9.17) is 45.8 Å². The Labute approximate surface area is 333 Å². The Hall–Kier alpha value is -4.92. The van der Waals surface area contributed by atoms with Crippen molar-refractivity contribution < 1.29 is 72.8 Å². The molecular weight excluding hydrogens is 776 g/mol. The molecule has 3 aliphatic rings. The molecule has 3 aliphatic heterocycles. The average Bonchev–Trinajstić information content (AvgIpc) is 3.12. The smallest absolute Gasteiger partial charge is 0.409 e. The van der Waals surface area contributed by atoms with E-state index in [1.165, 1.54) is 26.3 Å². The number of hydrogen-bond acceptors (Lipinski definition) is 15. The molecule has 2 saturated heterocycles. The molecule has 4 rings (SSSR count). The number of nitrogens with zero attached hydrogens (tertiary/aromatic N) is 1. The SMILES string of the molecule is CNC(=O)O[C@H]1CC(=O)N([C@H]2O[C@@H](COC(C)=O)[C@H](OC(N)=O)[C@@H](O)[C@@H]2O)c2cc(cc(O)c2Cl)C/C(C)=C\C=C/[C@@H](OC)[C@@]2(O)C[C@H](OC(=O)N2)[C@@H](C)/C=C\1C. The van der Waals surface area contributed by atoms with Crippen LogP contribution in [0.25, 0.3) is 0 Å². The number of benzene rings is 1. The minimum Gasteiger partial charge on any atom is -0.506 e. The first-order valence-corrected chi connectivity index (χ1v) is 18.2. The van der Waals surface area contributed by atoms with E-state index < -0.39 is 110 Å². The molecule has 0 spiro atoms. The Morgan fingerprint density at radius 3 is 2.49 bits per heavy atom. The fourth-order valence-corrected chi connectivity index (χ4v) is 7.02. The third kappa shape index (κ3) is 10.9. The molecule has 20 heteroatoms. The van der Waals surface area contributed by atoms with E-state index >= 15 is 0 Å². The molecule has 1 aromatic rings. The number of aromatic hydroxyl groups is 1. The summed E-state index contributed by atoms with van der Waals surface area (Å²) < 4.78 is 32.9. The van der Waals surface area contributed by atoms with Gasteiger partial charge < -0.3 is 59.9 Å². The summed E-state index contributed by atoms with van der Waals surface area (Å²) in [6.45, 7) is 5.44. The topological polar surface area (TPSA) is 275 Å². The van der Waals surface area contributed by atoms with Crippen LogP contribution < -0.4 is 21.3 Å². The van der Waals surface area contributed by atoms with Crippen molar-refractivity contribution >= 4 is 47.4 Å². The first-order chi connectivity index (χ1) is 26.8. The number of allylic oxidation sites excluding steroid dienone is 3. The maximum atomic E-state index is 14.7. The van der Waals surface area contributed by atoms with Gasteiger partial charge in [0.25, 0.3) is 0 Å². The highest BCUT2D eigenvalue weighted by Crippen LogP contribution is 2.40. The first kappa shape index (κ1) is 44.8. The van der Waals surface area contributed by atoms with Gasteiger partial charge in [-0.1, -0.05) is 48.4 Å². The maximum Gasteiger partial charge on any atom is 0.409 e. The van der Waals surface area contributed by atoms with E-state index in [0.717, 1.165) is 11.8 Å². The van der Waals surface area contributed by atoms with Gasteiger partial charge in [-0.05, 0) is 43.5 Å². The Morgan fingerprint density at radius 1 is 1.16 bits per heavy atom. The van der Waals surface area contributed by atoms with Gasteiger partial charge in [0.2, 0.25) is 5.91 Å². The number of fused-ring (bicyclic) bond motifs is 4. The summed E-state index contributed by atoms with van der Waals surface area (Å²) >= 11 is 6.68. The average molecular weight is 825 g/mol. The fraction of sp³-hybridized carbons (Fsp3) is 0.541. The van der Waals surface area contributed by atoms with E-state index in [0.29, 0.717) is 11.1 Å². The normalized spacial score (nSPS) is 33.6. The largest absolute Gasteiger partial charge is 0.506 e. The summed E-state index contributed by atoms with van der Waals surface area (Å²) in [5.74, 6) is -2.84. The molecule has 10 atom stereocenters. The van der Waals surface area contributed by atoms with Crippen LogP contribution in [0.15, 0.2) is 47.6 Å². The number of carbonyl (C=O) groups excluding carboxylic acids is 5. The molecule has 2 fully saturated rings. The second-order valence-electron chi connectivity index (χ2n) is 14.0. The number of phenols is 1. The molecular formula is C37H49ClN4O15. The lowest BCUT2D eigenvalue weighted by Gasteiger charge is -2.46. The second kappa shape index (κ2) is 19.0. The number of phenolic OH excluding ortho intramolecular Hbond substituents is 1. The molecule has 1 aromatic carbocycles. The predicted molar refractivity (Wildman–Crippen MR) is 200 cm³/mol. The number of aliphatic hydroxyl groups is 3. The number of alkyl carbamates (subject to hydrolysis) is 2. The van der Waals surface area contributed by atoms with Crippen LogP contribution in [0.2, 0.25) is 5.02 Å². The summed E-state index contributed by atoms with van der Waals surface area (Å²) in [6, 6.07) is 2.77. The fourth-order valence-electron chi connectivity index (χ4n) is 6.82. The molecule has 314 valence electrons. The molecule has 0 aromatic heterocycles. The lowest BCUT2D eigenvalue weighted by atomic mass is 9.89. The van der Waals surface area contributed by atoms with Crippen molar-refractivity contribution in [2.75, 3.05) is 25.7 Å². The van der Waals surface area contributed by atoms with Crippen LogP contribution >= 0.6 is 11.6 Å². The van der Waals surface area contributed by atoms with Crippen LogP contribution in [-0.2, 0) is 44.4 Å². The van der Waals surface area contributed by atoms with Gasteiger partial charge in [-0.2, -0.15) is 0 Å². The van der Waals surface area contributed by atoms with Gasteiger partial charge in [-0.15, -0.1) is 0 Å². The van der Waals surface area contributed by atoms with Crippen molar-refractivity contribution in [3.8, 4) is 5.75 Å². The molecule has 4 amide bonds. The zero-order chi connectivity index (χ0) is 42.4. The second-order valence-corrected chi connectivity index (χ2v) is 14.4. The minimum absolute atomic E-state index is 0.138. The molecule has 4 bridgehead atoms. The number of carbonyl (C=O) groups is 5. The van der Waals surface area contributed by atoms with E-state index in [-0.39, 0.29) is 29.1 Å². The zero-order valence-electron chi connectivity index (χ0n) is 32.2. The van der Waals surface area contributed by atoms with Crippen LogP contribution in [0.4, 0.5) is 20.1 Å². The van der Waals surface area contributed by atoms with Crippen molar-refractivity contribution in [1.29, 1.82) is 0 Å². The van der Waals surface area contributed by atoms with E-state index in [1.807, 2.05) is 0 Å². The van der Waals surface area contributed by atoms with Crippen molar-refractivity contribution in [2.24, 2.45) is 11.7 Å². The zero-order valence-corrected chi connectivity index (χ0v) is 32.9. The van der Waals surface area contributed by atoms with E-state index in [1.54, 1.807) is 45.1 Å². The monoisotopic (exact) mass is 824 g/mol. The minimum atomic E-state index is -2.06. The molecule has 0 aliphatic carbocycles. The summed E-state index contributed by atoms with van der Waals surface area (Å²) in [5, 5.41) is 49.9. The van der Waals surface area contributed by atoms with Gasteiger partial charge >= 0.3 is 24.2 Å². The number of hydrogen-bond donors (Lipinski definition) is 7. The quantitative estimate of drug-likeness (QED) is 0.122. The standard InChI is InChI=1S/C37H49ClN4O15/c1-17-8-7-9-27(52-6)37(51)15-25(56-36(50)41-37)19(3)11-18(2)24(55-35(49)40-5)14-28(45)42(22-12-21(10-17)13-23(44)29(22)38)33-31(47)30(46)32(57-34(39)48)26(54-33)16-53-20(4)43/h7-9,11-13,19,24-27,30-33,44,46-47,51H,10,14-16H2,1-6H3,(H2,39,48)(H,40,49)(H,41,50)/b9-7-,17-8-,18-11-/t19-,24-,25-,26-,27+,30-,31-,32-,33-,37-/m0/s1. The van der Waals surface area contributed by atoms with Crippen LogP contribution in [0.3, 0.4) is 0 Å². The highest BCUT2D eigenvalue weighted by atomic mass is 35.5. The number of primary amides is 1. The maximum absolute atomic E-state index is 14.7. The lowest BCUT2D eigenvalue weighted by molar-refractivity contribution is -0.230. The molecule has 19 nitrogen and oxygen atoms in total. The first-order valence-electron chi connectivity index (χ1n) is 17.9. The Bertz CT molecular complexity index is 1790. The van der Waals surface area contributed by atoms with Crippen molar-refractivity contribution in [3.63, 3.8) is 0 Å². The summed E-state index contributed by atoms with van der Waals surface area (Å²) in [5.41, 5.74) is 4.47. The Balaban J connectivity index is 1.93. The number of anilines is 1. The van der Waals surface area contributed by atoms with Crippen molar-refractivity contribution in [3.05, 3.63) is 58.2 Å². The molecule has 0 saturated carbocycles. The van der Waals surface area contributed by atoms with Crippen LogP contribution in [-0.4, -0.2) is 126 Å². The summed E-state index contributed by atoms with van der Waals surface area (Å²) in [6.07, 6.45) is -9.89. The molecule has 57 heavy (non-hydrogen) atoms. The van der Waals surface area contributed by atoms with Crippen molar-refractivity contribution in [1.82, 2.24) is 10.6 Å². The van der Waals surface area contributed by atoms with Gasteiger partial charge in [-0.25, -0.2) is 14.4 Å².